The number of amides is 1. The summed E-state index contributed by atoms with van der Waals surface area (Å²) in [6, 6.07) is 14.8. The fourth-order valence-corrected chi connectivity index (χ4v) is 3.93. The molecular weight excluding hydrogens is 426 g/mol. The molecule has 1 unspecified atom stereocenters. The largest absolute Gasteiger partial charge is 0.396 e. The molecule has 0 fully saturated rings. The molecule has 0 bridgehead atoms. The van der Waals surface area contributed by atoms with Crippen LogP contribution in [0.15, 0.2) is 59.8 Å². The third-order valence-corrected chi connectivity index (χ3v) is 5.76. The molecule has 8 heteroatoms. The van der Waals surface area contributed by atoms with Crippen LogP contribution in [0, 0.1) is 0 Å². The molecule has 0 radical (unpaired) electrons. The van der Waals surface area contributed by atoms with Gasteiger partial charge in [-0.1, -0.05) is 42.8 Å². The van der Waals surface area contributed by atoms with Gasteiger partial charge in [-0.25, -0.2) is 4.68 Å². The molecule has 1 aromatic heterocycles. The molecule has 3 N–H and O–H groups in total. The van der Waals surface area contributed by atoms with Crippen LogP contribution in [-0.2, 0) is 17.6 Å². The van der Waals surface area contributed by atoms with Crippen LogP contribution >= 0.6 is 11.6 Å². The molecule has 2 heterocycles. The number of nitrogens with zero attached hydrogens (tertiary/aromatic N) is 3. The van der Waals surface area contributed by atoms with Crippen molar-refractivity contribution in [3.8, 4) is 0 Å². The number of rotatable bonds is 7. The molecule has 1 aliphatic heterocycles. The second-order valence-corrected chi connectivity index (χ2v) is 8.18. The van der Waals surface area contributed by atoms with Crippen LogP contribution in [0.5, 0.6) is 0 Å². The van der Waals surface area contributed by atoms with Crippen molar-refractivity contribution in [3.63, 3.8) is 0 Å². The second-order valence-electron chi connectivity index (χ2n) is 7.75. The van der Waals surface area contributed by atoms with Crippen LogP contribution in [0.4, 0.5) is 11.6 Å². The number of carbonyl (C=O) groups excluding carboxylic acids is 1. The van der Waals surface area contributed by atoms with Gasteiger partial charge in [0.15, 0.2) is 5.82 Å². The summed E-state index contributed by atoms with van der Waals surface area (Å²) < 4.78 is 1.76. The number of nitrogens with one attached hydrogen (secondary N) is 2. The lowest BCUT2D eigenvalue weighted by molar-refractivity contribution is -0.113. The lowest BCUT2D eigenvalue weighted by Gasteiger charge is -2.28. The van der Waals surface area contributed by atoms with Gasteiger partial charge in [0.2, 0.25) is 5.95 Å². The van der Waals surface area contributed by atoms with Gasteiger partial charge >= 0.3 is 0 Å². The Morgan fingerprint density at radius 1 is 1.19 bits per heavy atom. The van der Waals surface area contributed by atoms with Crippen molar-refractivity contribution in [2.45, 2.75) is 39.2 Å². The van der Waals surface area contributed by atoms with E-state index in [4.69, 9.17) is 11.6 Å². The summed E-state index contributed by atoms with van der Waals surface area (Å²) in [5.41, 5.74) is 4.11. The van der Waals surface area contributed by atoms with Crippen LogP contribution in [0.2, 0.25) is 5.02 Å². The second kappa shape index (κ2) is 9.54. The van der Waals surface area contributed by atoms with Crippen molar-refractivity contribution in [1.82, 2.24) is 14.8 Å². The summed E-state index contributed by atoms with van der Waals surface area (Å²) in [7, 11) is 0. The summed E-state index contributed by atoms with van der Waals surface area (Å²) in [6.45, 7) is 4.05. The molecule has 0 spiro atoms. The number of anilines is 2. The number of fused-ring (bicyclic) bond motifs is 1. The Morgan fingerprint density at radius 2 is 1.91 bits per heavy atom. The molecular formula is C24H26ClN5O2. The van der Waals surface area contributed by atoms with Gasteiger partial charge in [-0.3, -0.25) is 4.79 Å². The summed E-state index contributed by atoms with van der Waals surface area (Å²) in [5, 5.41) is 20.7. The number of hydrogen-bond acceptors (Lipinski definition) is 5. The highest BCUT2D eigenvalue weighted by molar-refractivity contribution is 6.30. The highest BCUT2D eigenvalue weighted by atomic mass is 35.5. The van der Waals surface area contributed by atoms with E-state index in [1.54, 1.807) is 28.9 Å². The average molecular weight is 452 g/mol. The highest BCUT2D eigenvalue weighted by Crippen LogP contribution is 2.36. The number of aromatic nitrogens is 3. The zero-order valence-electron chi connectivity index (χ0n) is 18.1. The molecule has 3 aromatic rings. The molecule has 0 saturated heterocycles. The number of carbonyl (C=O) groups is 1. The van der Waals surface area contributed by atoms with Crippen LogP contribution in [0.1, 0.15) is 43.3 Å². The number of aliphatic hydroxyl groups excluding tert-OH is 1. The lowest BCUT2D eigenvalue weighted by Crippen LogP contribution is -2.31. The van der Waals surface area contributed by atoms with Crippen molar-refractivity contribution in [1.29, 1.82) is 0 Å². The molecule has 1 atom stereocenters. The van der Waals surface area contributed by atoms with E-state index < -0.39 is 6.04 Å². The highest BCUT2D eigenvalue weighted by Gasteiger charge is 2.34. The minimum absolute atomic E-state index is 0.0746. The summed E-state index contributed by atoms with van der Waals surface area (Å²) in [5.74, 6) is 0.992. The van der Waals surface area contributed by atoms with Crippen molar-refractivity contribution >= 4 is 29.1 Å². The maximum atomic E-state index is 13.4. The third-order valence-electron chi connectivity index (χ3n) is 5.51. The molecule has 4 rings (SSSR count). The first-order chi connectivity index (χ1) is 15.5. The number of allylic oxidation sites excluding steroid dienone is 1. The van der Waals surface area contributed by atoms with Gasteiger partial charge in [-0.15, -0.1) is 0 Å². The topological polar surface area (TPSA) is 92.1 Å². The van der Waals surface area contributed by atoms with Gasteiger partial charge in [-0.05, 0) is 55.2 Å². The minimum Gasteiger partial charge on any atom is -0.396 e. The zero-order valence-corrected chi connectivity index (χ0v) is 18.9. The van der Waals surface area contributed by atoms with E-state index in [1.807, 2.05) is 19.1 Å². The molecule has 1 aliphatic rings. The SMILES string of the molecule is CCc1ccc(C2C(C(=O)Nc3ccc(Cl)cc3)=C(C)Nc3nc(CCCO)nn32)cc1. The number of halogens is 1. The predicted molar refractivity (Wildman–Crippen MR) is 126 cm³/mol. The van der Waals surface area contributed by atoms with E-state index in [9.17, 15) is 9.90 Å². The normalized spacial score (nSPS) is 15.3. The third kappa shape index (κ3) is 4.54. The van der Waals surface area contributed by atoms with Gasteiger partial charge < -0.3 is 15.7 Å². The Hall–Kier alpha value is -3.16. The Kier molecular flexibility index (Phi) is 6.58. The molecule has 0 saturated carbocycles. The van der Waals surface area contributed by atoms with E-state index in [0.29, 0.717) is 40.9 Å². The van der Waals surface area contributed by atoms with Gasteiger partial charge in [0.25, 0.3) is 5.91 Å². The van der Waals surface area contributed by atoms with Gasteiger partial charge in [-0.2, -0.15) is 10.1 Å². The van der Waals surface area contributed by atoms with Crippen molar-refractivity contribution in [2.24, 2.45) is 0 Å². The Bertz CT molecular complexity index is 1140. The zero-order chi connectivity index (χ0) is 22.7. The van der Waals surface area contributed by atoms with Crippen molar-refractivity contribution in [3.05, 3.63) is 81.8 Å². The van der Waals surface area contributed by atoms with Gasteiger partial charge in [0, 0.05) is 29.4 Å². The number of aliphatic hydroxyl groups is 1. The lowest BCUT2D eigenvalue weighted by atomic mass is 9.94. The smallest absolute Gasteiger partial charge is 0.255 e. The van der Waals surface area contributed by atoms with E-state index in [0.717, 1.165) is 17.7 Å². The monoisotopic (exact) mass is 451 g/mol. The number of aryl methyl sites for hydroxylation is 2. The standard InChI is InChI=1S/C24H26ClN5O2/c1-3-16-6-8-17(9-7-16)22-21(23(32)27-19-12-10-18(25)11-13-19)15(2)26-24-28-20(5-4-14-31)29-30(22)24/h6-13,22,31H,3-5,14H2,1-2H3,(H,27,32)(H,26,28,29). The van der Waals surface area contributed by atoms with E-state index >= 15 is 0 Å². The Balaban J connectivity index is 1.74. The first-order valence-electron chi connectivity index (χ1n) is 10.7. The number of benzene rings is 2. The fourth-order valence-electron chi connectivity index (χ4n) is 3.81. The Morgan fingerprint density at radius 3 is 2.56 bits per heavy atom. The summed E-state index contributed by atoms with van der Waals surface area (Å²) in [6.07, 6.45) is 2.08. The van der Waals surface area contributed by atoms with Crippen molar-refractivity contribution in [2.75, 3.05) is 17.2 Å². The summed E-state index contributed by atoms with van der Waals surface area (Å²) in [4.78, 5) is 18.0. The van der Waals surface area contributed by atoms with Crippen molar-refractivity contribution < 1.29 is 9.90 Å². The average Bonchev–Trinajstić information content (AvgIpc) is 3.20. The molecule has 2 aromatic carbocycles. The first kappa shape index (κ1) is 22.0. The molecule has 1 amide bonds. The van der Waals surface area contributed by atoms with E-state index in [2.05, 4.69) is 39.8 Å². The van der Waals surface area contributed by atoms with Gasteiger partial charge in [0.1, 0.15) is 6.04 Å². The van der Waals surface area contributed by atoms with E-state index in [1.165, 1.54) is 5.56 Å². The van der Waals surface area contributed by atoms with E-state index in [-0.39, 0.29) is 12.5 Å². The van der Waals surface area contributed by atoms with Crippen LogP contribution in [0.25, 0.3) is 0 Å². The van der Waals surface area contributed by atoms with Crippen LogP contribution < -0.4 is 10.6 Å². The minimum atomic E-state index is -0.431. The fraction of sp³-hybridized carbons (Fsp3) is 0.292. The van der Waals surface area contributed by atoms with Crippen LogP contribution in [0.3, 0.4) is 0 Å². The Labute approximate surface area is 192 Å². The molecule has 0 aliphatic carbocycles. The predicted octanol–water partition coefficient (Wildman–Crippen LogP) is 4.35. The number of hydrogen-bond donors (Lipinski definition) is 3. The maximum absolute atomic E-state index is 13.4. The van der Waals surface area contributed by atoms with Crippen LogP contribution in [-0.4, -0.2) is 32.4 Å². The molecule has 32 heavy (non-hydrogen) atoms. The van der Waals surface area contributed by atoms with Gasteiger partial charge in [0.05, 0.1) is 5.57 Å². The molecule has 166 valence electrons. The quantitative estimate of drug-likeness (QED) is 0.496. The molecule has 7 nitrogen and oxygen atoms in total. The summed E-state index contributed by atoms with van der Waals surface area (Å²) >= 11 is 5.98. The maximum Gasteiger partial charge on any atom is 0.255 e. The first-order valence-corrected chi connectivity index (χ1v) is 11.1.